The van der Waals surface area contributed by atoms with Gasteiger partial charge in [0.25, 0.3) is 5.91 Å². The predicted molar refractivity (Wildman–Crippen MR) is 485 cm³/mol. The molecule has 0 spiro atoms. The molecule has 26 heteroatoms. The van der Waals surface area contributed by atoms with Gasteiger partial charge in [-0.25, -0.2) is 28.7 Å². The number of halogens is 2. The topological polar surface area (TPSA) is 320 Å². The van der Waals surface area contributed by atoms with Gasteiger partial charge in [-0.1, -0.05) is 159 Å². The minimum atomic E-state index is -1.01. The highest BCUT2D eigenvalue weighted by Crippen LogP contribution is 2.35. The third-order valence-electron chi connectivity index (χ3n) is 20.4. The van der Waals surface area contributed by atoms with E-state index in [4.69, 9.17) is 26.2 Å². The van der Waals surface area contributed by atoms with Crippen LogP contribution in [0.15, 0.2) is 304 Å². The molecule has 0 unspecified atom stereocenters. The minimum absolute atomic E-state index is 0.0376. The first kappa shape index (κ1) is 84.7. The molecule has 1 fully saturated rings. The zero-order chi connectivity index (χ0) is 87.4. The Hall–Kier alpha value is -15.7. The van der Waals surface area contributed by atoms with E-state index in [1.165, 1.54) is 19.1 Å². The summed E-state index contributed by atoms with van der Waals surface area (Å²) in [5.41, 5.74) is 19.1. The fourth-order valence-electron chi connectivity index (χ4n) is 14.8. The number of para-hydroxylation sites is 8. The average Bonchev–Trinajstić information content (AvgIpc) is 0.757. The molecule has 0 saturated carbocycles. The second kappa shape index (κ2) is 37.7. The molecule has 1 saturated heterocycles. The number of nitrogens with zero attached hydrogens (tertiary/aromatic N) is 9. The Balaban J connectivity index is 0.000000135. The molecule has 8 aromatic heterocycles. The standard InChI is InChI=1S/C28H27FN4O3.C25H23N3O2.C24H22N4O2.C21H15FN4O2/c1-17-15-32(16-18(2)36-17)28-26(29)24(19(3)34)25-22(35)14-23(30-20-10-6-4-7-11-20)33(27(25)31-28)21-12-8-5-9-13-21;1-16(2)24(30)20-14-17(3)23-21(29)15-22(26-18-10-6-4-7-11-18)28(25(23)27-20)19-12-8-5-9-13-19;1-16-17(12-13-22(25)30)14-20-21(29)15-23(27-18-8-4-2-5-9-18)28(24(20)26-16)19-10-6-3-7-11-19;22-16-11-15-17(27)12-18(24-13-7-3-1-4-8-13)26(14-9-5-2-6-10-14)21(15)25-19(16)20(23)28/h4-14,17-18,30H,15-16H2,1-3H3;4-16,26H,1-3H3;2-11,14-15,27H,12-13H2,1H3,(H2,25,30);1-12,24H,(H2,23,28)/t17-,18+;;;. The van der Waals surface area contributed by atoms with Gasteiger partial charge in [0.1, 0.15) is 34.6 Å². The van der Waals surface area contributed by atoms with Crippen molar-refractivity contribution >= 4 is 119 Å². The number of amides is 2. The van der Waals surface area contributed by atoms with Gasteiger partial charge in [-0.2, -0.15) is 0 Å². The number of nitrogens with two attached hydrogens (primary N) is 2. The van der Waals surface area contributed by atoms with Crippen molar-refractivity contribution < 1.29 is 32.7 Å². The molecule has 24 nitrogen and oxygen atoms in total. The molecule has 1 aliphatic rings. The van der Waals surface area contributed by atoms with Gasteiger partial charge in [0.05, 0.1) is 39.3 Å². The van der Waals surface area contributed by atoms with Gasteiger partial charge in [-0.3, -0.25) is 56.6 Å². The SMILES string of the molecule is CC(=O)c1c(F)c(N2C[C@@H](C)O[C@@H](C)C2)nc2c1c(=O)cc(Nc1ccccc1)n2-c1ccccc1.Cc1cc(C(=O)C(C)C)nc2c1c(=O)cc(Nc1ccccc1)n2-c1ccccc1.Cc1nc2c(cc1CCC(N)=O)c(=O)cc(Nc1ccccc1)n2-c1ccccc1.NC(=O)c1nc2c(cc1F)c(=O)cc(Nc1ccccc1)n2-c1ccccc1. The van der Waals surface area contributed by atoms with Crippen LogP contribution >= 0.6 is 0 Å². The van der Waals surface area contributed by atoms with Crippen molar-refractivity contribution in [2.45, 2.75) is 73.5 Å². The van der Waals surface area contributed by atoms with E-state index in [1.54, 1.807) is 32.2 Å². The summed E-state index contributed by atoms with van der Waals surface area (Å²) >= 11 is 0. The predicted octanol–water partition coefficient (Wildman–Crippen LogP) is 17.6. The number of carbonyl (C=O) groups is 4. The first-order valence-electron chi connectivity index (χ1n) is 40.1. The number of hydrogen-bond donors (Lipinski definition) is 6. The van der Waals surface area contributed by atoms with E-state index in [0.29, 0.717) is 81.9 Å². The van der Waals surface area contributed by atoms with Crippen molar-refractivity contribution in [1.29, 1.82) is 0 Å². The molecule has 17 rings (SSSR count). The van der Waals surface area contributed by atoms with Crippen molar-refractivity contribution in [3.8, 4) is 22.7 Å². The number of primary amides is 2. The van der Waals surface area contributed by atoms with Crippen LogP contribution in [0, 0.1) is 31.4 Å². The van der Waals surface area contributed by atoms with Crippen LogP contribution < -0.4 is 59.3 Å². The third kappa shape index (κ3) is 19.0. The maximum Gasteiger partial charge on any atom is 0.270 e. The van der Waals surface area contributed by atoms with Gasteiger partial charge >= 0.3 is 0 Å². The second-order valence-corrected chi connectivity index (χ2v) is 29.9. The van der Waals surface area contributed by atoms with Crippen LogP contribution in [-0.2, 0) is 16.0 Å². The number of pyridine rings is 8. The van der Waals surface area contributed by atoms with Crippen molar-refractivity contribution in [3.63, 3.8) is 0 Å². The number of fused-ring (bicyclic) bond motifs is 4. The molecule has 2 amide bonds. The number of aryl methyl sites for hydroxylation is 3. The molecule has 8 aromatic carbocycles. The largest absolute Gasteiger partial charge is 0.372 e. The summed E-state index contributed by atoms with van der Waals surface area (Å²) in [5, 5.41) is 14.2. The Morgan fingerprint density at radius 2 is 0.806 bits per heavy atom. The number of hydrogen-bond acceptors (Lipinski definition) is 18. The van der Waals surface area contributed by atoms with Crippen LogP contribution in [0.25, 0.3) is 66.9 Å². The number of anilines is 9. The summed E-state index contributed by atoms with van der Waals surface area (Å²) < 4.78 is 43.2. The first-order valence-corrected chi connectivity index (χ1v) is 40.1. The summed E-state index contributed by atoms with van der Waals surface area (Å²) in [7, 11) is 0. The number of aromatic nitrogens is 8. The lowest BCUT2D eigenvalue weighted by molar-refractivity contribution is -0.118. The van der Waals surface area contributed by atoms with E-state index in [2.05, 4.69) is 31.2 Å². The highest BCUT2D eigenvalue weighted by Gasteiger charge is 2.32. The maximum atomic E-state index is 15.9. The van der Waals surface area contributed by atoms with Gasteiger partial charge in [0.2, 0.25) is 5.91 Å². The Morgan fingerprint density at radius 1 is 0.452 bits per heavy atom. The van der Waals surface area contributed by atoms with Gasteiger partial charge in [-0.05, 0) is 167 Å². The number of Topliss-reactive ketones (excluding diaryl/α,β-unsaturated/α-hetero) is 2. The monoisotopic (exact) mass is 1660 g/mol. The van der Waals surface area contributed by atoms with E-state index in [1.807, 2.05) is 299 Å². The zero-order valence-electron chi connectivity index (χ0n) is 68.8. The van der Waals surface area contributed by atoms with E-state index >= 15 is 4.39 Å². The lowest BCUT2D eigenvalue weighted by Crippen LogP contribution is -2.46. The Bertz CT molecular complexity index is 6930. The van der Waals surface area contributed by atoms with Crippen molar-refractivity contribution in [2.75, 3.05) is 39.3 Å². The Kier molecular flexibility index (Phi) is 25.8. The van der Waals surface area contributed by atoms with Gasteiger partial charge in [0.15, 0.2) is 73.4 Å². The molecular formula is C98H87F2N15O9. The fraction of sp³-hybridized carbons (Fsp3) is 0.143. The number of rotatable bonds is 20. The number of morpholine rings is 1. The molecule has 1 aliphatic heterocycles. The molecule has 0 bridgehead atoms. The molecule has 622 valence electrons. The zero-order valence-corrected chi connectivity index (χ0v) is 68.8. The molecule has 8 N–H and O–H groups in total. The number of nitrogens with one attached hydrogen (secondary N) is 4. The fourth-order valence-corrected chi connectivity index (χ4v) is 14.8. The van der Waals surface area contributed by atoms with Crippen LogP contribution in [0.1, 0.15) is 89.2 Å². The number of ether oxygens (including phenoxy) is 1. The summed E-state index contributed by atoms with van der Waals surface area (Å²) in [4.78, 5) is 120. The van der Waals surface area contributed by atoms with Crippen LogP contribution in [0.5, 0.6) is 0 Å². The van der Waals surface area contributed by atoms with Crippen molar-refractivity contribution in [3.05, 3.63) is 371 Å². The van der Waals surface area contributed by atoms with E-state index in [9.17, 15) is 42.7 Å². The van der Waals surface area contributed by atoms with E-state index < -0.39 is 39.9 Å². The Labute approximate surface area is 710 Å². The lowest BCUT2D eigenvalue weighted by Gasteiger charge is -2.36. The van der Waals surface area contributed by atoms with Crippen molar-refractivity contribution in [1.82, 2.24) is 38.2 Å². The van der Waals surface area contributed by atoms with E-state index in [0.717, 1.165) is 57.0 Å². The Morgan fingerprint density at radius 3 is 1.19 bits per heavy atom. The molecule has 2 atom stereocenters. The first-order chi connectivity index (χ1) is 59.8. The van der Waals surface area contributed by atoms with Gasteiger partial charge in [-0.15, -0.1) is 0 Å². The van der Waals surface area contributed by atoms with E-state index in [-0.39, 0.29) is 80.5 Å². The molecular weight excluding hydrogens is 1570 g/mol. The van der Waals surface area contributed by atoms with Crippen LogP contribution in [0.2, 0.25) is 0 Å². The van der Waals surface area contributed by atoms with Crippen LogP contribution in [0.3, 0.4) is 0 Å². The van der Waals surface area contributed by atoms with Crippen LogP contribution in [-0.4, -0.2) is 86.9 Å². The number of benzene rings is 8. The molecule has 0 radical (unpaired) electrons. The molecule has 16 aromatic rings. The highest BCUT2D eigenvalue weighted by atomic mass is 19.1. The highest BCUT2D eigenvalue weighted by molar-refractivity contribution is 6.07. The molecule has 124 heavy (non-hydrogen) atoms. The third-order valence-corrected chi connectivity index (χ3v) is 20.4. The van der Waals surface area contributed by atoms with Crippen LogP contribution in [0.4, 0.5) is 60.6 Å². The smallest absolute Gasteiger partial charge is 0.270 e. The average molecular weight is 1660 g/mol. The summed E-state index contributed by atoms with van der Waals surface area (Å²) in [6.45, 7) is 13.3. The normalized spacial score (nSPS) is 12.9. The maximum absolute atomic E-state index is 15.9. The summed E-state index contributed by atoms with van der Waals surface area (Å²) in [6, 6.07) is 86.5. The number of carbonyl (C=O) groups excluding carboxylic acids is 4. The quantitative estimate of drug-likeness (QED) is 0.0386. The second-order valence-electron chi connectivity index (χ2n) is 29.9. The lowest BCUT2D eigenvalue weighted by atomic mass is 10.0. The van der Waals surface area contributed by atoms with Crippen molar-refractivity contribution in [2.24, 2.45) is 17.4 Å². The molecule has 9 heterocycles. The van der Waals surface area contributed by atoms with Gasteiger partial charge in [0, 0.05) is 101 Å². The van der Waals surface area contributed by atoms with Gasteiger partial charge < -0.3 is 42.4 Å². The number of ketones is 2. The molecule has 0 aliphatic carbocycles. The summed E-state index contributed by atoms with van der Waals surface area (Å²) in [6.07, 6.45) is 0.385. The minimum Gasteiger partial charge on any atom is -0.372 e. The summed E-state index contributed by atoms with van der Waals surface area (Å²) in [5.74, 6) is -1.73.